The Morgan fingerprint density at radius 2 is 1.95 bits per heavy atom. The Bertz CT molecular complexity index is 896. The van der Waals surface area contributed by atoms with Crippen LogP contribution in [-0.2, 0) is 6.54 Å². The third kappa shape index (κ3) is 2.10. The maximum Gasteiger partial charge on any atom is 0.231 e. The molecular formula is C13H9Cl2N5O2. The molecule has 0 saturated carbocycles. The van der Waals surface area contributed by atoms with Gasteiger partial charge >= 0.3 is 0 Å². The van der Waals surface area contributed by atoms with E-state index in [1.54, 1.807) is 16.9 Å². The molecule has 0 radical (unpaired) electrons. The van der Waals surface area contributed by atoms with E-state index in [4.69, 9.17) is 38.4 Å². The van der Waals surface area contributed by atoms with Gasteiger partial charge in [0.05, 0.1) is 18.1 Å². The Labute approximate surface area is 134 Å². The van der Waals surface area contributed by atoms with Crippen molar-refractivity contribution < 1.29 is 9.47 Å². The summed E-state index contributed by atoms with van der Waals surface area (Å²) in [5.41, 5.74) is 7.01. The van der Waals surface area contributed by atoms with Crippen molar-refractivity contribution in [1.29, 1.82) is 0 Å². The Morgan fingerprint density at radius 1 is 1.18 bits per heavy atom. The molecule has 112 valence electrons. The van der Waals surface area contributed by atoms with E-state index in [9.17, 15) is 0 Å². The summed E-state index contributed by atoms with van der Waals surface area (Å²) >= 11 is 12.3. The highest BCUT2D eigenvalue weighted by atomic mass is 35.5. The highest BCUT2D eigenvalue weighted by Gasteiger charge is 2.18. The molecule has 0 saturated heterocycles. The van der Waals surface area contributed by atoms with E-state index in [1.165, 1.54) is 0 Å². The number of nitrogens with two attached hydrogens (primary N) is 1. The fourth-order valence-corrected chi connectivity index (χ4v) is 2.73. The molecule has 0 amide bonds. The van der Waals surface area contributed by atoms with Gasteiger partial charge in [-0.15, -0.1) is 0 Å². The summed E-state index contributed by atoms with van der Waals surface area (Å²) in [6, 6.07) is 3.55. The predicted molar refractivity (Wildman–Crippen MR) is 81.4 cm³/mol. The third-order valence-electron chi connectivity index (χ3n) is 3.33. The maximum absolute atomic E-state index is 6.28. The lowest BCUT2D eigenvalue weighted by atomic mass is 10.2. The zero-order valence-corrected chi connectivity index (χ0v) is 12.6. The minimum atomic E-state index is 0.0935. The number of nitrogen functional groups attached to an aromatic ring is 1. The van der Waals surface area contributed by atoms with Gasteiger partial charge in [-0.25, -0.2) is 9.67 Å². The van der Waals surface area contributed by atoms with Crippen LogP contribution in [0.3, 0.4) is 0 Å². The lowest BCUT2D eigenvalue weighted by Crippen LogP contribution is -2.05. The summed E-state index contributed by atoms with van der Waals surface area (Å²) < 4.78 is 12.3. The van der Waals surface area contributed by atoms with Crippen molar-refractivity contribution >= 4 is 40.2 Å². The summed E-state index contributed by atoms with van der Waals surface area (Å²) in [6.45, 7) is 0.588. The molecule has 0 bridgehead atoms. The van der Waals surface area contributed by atoms with Crippen LogP contribution < -0.4 is 15.2 Å². The number of hydrogen-bond acceptors (Lipinski definition) is 6. The van der Waals surface area contributed by atoms with Crippen LogP contribution >= 0.6 is 23.2 Å². The van der Waals surface area contributed by atoms with Gasteiger partial charge < -0.3 is 15.2 Å². The van der Waals surface area contributed by atoms with Gasteiger partial charge in [0.2, 0.25) is 12.7 Å². The van der Waals surface area contributed by atoms with Crippen molar-refractivity contribution in [3.05, 3.63) is 34.1 Å². The monoisotopic (exact) mass is 337 g/mol. The van der Waals surface area contributed by atoms with Crippen LogP contribution in [0.4, 0.5) is 5.95 Å². The molecule has 3 heterocycles. The van der Waals surface area contributed by atoms with Gasteiger partial charge in [-0.05, 0) is 11.6 Å². The summed E-state index contributed by atoms with van der Waals surface area (Å²) in [7, 11) is 0. The van der Waals surface area contributed by atoms with Crippen molar-refractivity contribution in [3.63, 3.8) is 0 Å². The normalized spacial score (nSPS) is 13.0. The molecule has 9 heteroatoms. The van der Waals surface area contributed by atoms with Gasteiger partial charge in [0, 0.05) is 11.1 Å². The Balaban J connectivity index is 1.78. The van der Waals surface area contributed by atoms with Gasteiger partial charge in [0.25, 0.3) is 0 Å². The van der Waals surface area contributed by atoms with Gasteiger partial charge in [0.1, 0.15) is 5.15 Å². The Kier molecular flexibility index (Phi) is 2.98. The quantitative estimate of drug-likeness (QED) is 0.722. The molecule has 1 aromatic carbocycles. The van der Waals surface area contributed by atoms with E-state index in [0.29, 0.717) is 34.1 Å². The number of aromatic nitrogens is 4. The van der Waals surface area contributed by atoms with E-state index in [2.05, 4.69) is 15.1 Å². The standard InChI is InChI=1S/C13H9Cl2N5O2/c14-8-2-10-9(21-5-22-10)1-6(8)4-20-12-7(3-17-20)11(15)18-13(16)19-12/h1-3H,4-5H2,(H2,16,18,19). The molecule has 2 N–H and O–H groups in total. The molecule has 4 rings (SSSR count). The molecule has 0 aliphatic carbocycles. The van der Waals surface area contributed by atoms with Gasteiger partial charge in [-0.3, -0.25) is 0 Å². The average molecular weight is 338 g/mol. The molecule has 1 aliphatic rings. The van der Waals surface area contributed by atoms with Crippen LogP contribution in [0, 0.1) is 0 Å². The zero-order valence-electron chi connectivity index (χ0n) is 11.1. The second-order valence-electron chi connectivity index (χ2n) is 4.71. The second-order valence-corrected chi connectivity index (χ2v) is 5.47. The average Bonchev–Trinajstić information content (AvgIpc) is 3.06. The molecule has 3 aromatic rings. The lowest BCUT2D eigenvalue weighted by Gasteiger charge is -2.07. The fourth-order valence-electron chi connectivity index (χ4n) is 2.29. The first-order chi connectivity index (χ1) is 10.6. The van der Waals surface area contributed by atoms with Crippen LogP contribution in [-0.4, -0.2) is 26.5 Å². The Hall–Kier alpha value is -2.25. The third-order valence-corrected chi connectivity index (χ3v) is 3.97. The Morgan fingerprint density at radius 3 is 2.77 bits per heavy atom. The van der Waals surface area contributed by atoms with Crippen LogP contribution in [0.5, 0.6) is 11.5 Å². The number of fused-ring (bicyclic) bond motifs is 2. The first-order valence-corrected chi connectivity index (χ1v) is 7.10. The zero-order chi connectivity index (χ0) is 15.3. The molecule has 2 aromatic heterocycles. The fraction of sp³-hybridized carbons (Fsp3) is 0.154. The number of nitrogens with zero attached hydrogens (tertiary/aromatic N) is 4. The first-order valence-electron chi connectivity index (χ1n) is 6.34. The first kappa shape index (κ1) is 13.4. The molecule has 1 aliphatic heterocycles. The number of rotatable bonds is 2. The predicted octanol–water partition coefficient (Wildman–Crippen LogP) is 2.49. The highest BCUT2D eigenvalue weighted by Crippen LogP contribution is 2.37. The largest absolute Gasteiger partial charge is 0.454 e. The van der Waals surface area contributed by atoms with Gasteiger partial charge in [0.15, 0.2) is 17.1 Å². The van der Waals surface area contributed by atoms with Crippen LogP contribution in [0.2, 0.25) is 10.2 Å². The van der Waals surface area contributed by atoms with E-state index in [-0.39, 0.29) is 17.9 Å². The van der Waals surface area contributed by atoms with Crippen LogP contribution in [0.25, 0.3) is 11.0 Å². The molecule has 0 atom stereocenters. The SMILES string of the molecule is Nc1nc(Cl)c2cnn(Cc3cc4c(cc3Cl)OCO4)c2n1. The van der Waals surface area contributed by atoms with E-state index in [1.807, 2.05) is 6.07 Å². The van der Waals surface area contributed by atoms with E-state index < -0.39 is 0 Å². The topological polar surface area (TPSA) is 88.1 Å². The number of benzene rings is 1. The molecule has 22 heavy (non-hydrogen) atoms. The van der Waals surface area contributed by atoms with Crippen molar-refractivity contribution in [2.75, 3.05) is 12.5 Å². The smallest absolute Gasteiger partial charge is 0.231 e. The summed E-state index contributed by atoms with van der Waals surface area (Å²) in [6.07, 6.45) is 1.60. The van der Waals surface area contributed by atoms with Crippen molar-refractivity contribution in [3.8, 4) is 11.5 Å². The van der Waals surface area contributed by atoms with Crippen molar-refractivity contribution in [1.82, 2.24) is 19.7 Å². The minimum absolute atomic E-state index is 0.0935. The molecule has 0 fully saturated rings. The van der Waals surface area contributed by atoms with Gasteiger partial charge in [-0.2, -0.15) is 10.1 Å². The summed E-state index contributed by atoms with van der Waals surface area (Å²) in [5, 5.41) is 5.73. The molecular weight excluding hydrogens is 329 g/mol. The number of ether oxygens (including phenoxy) is 2. The second kappa shape index (κ2) is 4.89. The van der Waals surface area contributed by atoms with Crippen molar-refractivity contribution in [2.45, 2.75) is 6.54 Å². The minimum Gasteiger partial charge on any atom is -0.454 e. The summed E-state index contributed by atoms with van der Waals surface area (Å²) in [5.74, 6) is 1.38. The van der Waals surface area contributed by atoms with E-state index in [0.717, 1.165) is 5.56 Å². The van der Waals surface area contributed by atoms with E-state index >= 15 is 0 Å². The number of halogens is 2. The molecule has 0 spiro atoms. The number of anilines is 1. The van der Waals surface area contributed by atoms with Crippen LogP contribution in [0.1, 0.15) is 5.56 Å². The van der Waals surface area contributed by atoms with Crippen LogP contribution in [0.15, 0.2) is 18.3 Å². The molecule has 7 nitrogen and oxygen atoms in total. The maximum atomic E-state index is 6.28. The summed E-state index contributed by atoms with van der Waals surface area (Å²) in [4.78, 5) is 8.08. The molecule has 0 unspecified atom stereocenters. The van der Waals surface area contributed by atoms with Crippen molar-refractivity contribution in [2.24, 2.45) is 0 Å². The van der Waals surface area contributed by atoms with Gasteiger partial charge in [-0.1, -0.05) is 23.2 Å². The number of hydrogen-bond donors (Lipinski definition) is 1. The lowest BCUT2D eigenvalue weighted by molar-refractivity contribution is 0.174. The highest BCUT2D eigenvalue weighted by molar-refractivity contribution is 6.34.